The Balaban J connectivity index is 1.87. The van der Waals surface area contributed by atoms with Gasteiger partial charge < -0.3 is 15.5 Å². The van der Waals surface area contributed by atoms with Crippen LogP contribution in [-0.2, 0) is 0 Å². The van der Waals surface area contributed by atoms with Crippen LogP contribution in [0.25, 0.3) is 0 Å². The van der Waals surface area contributed by atoms with E-state index in [2.05, 4.69) is 36.0 Å². The summed E-state index contributed by atoms with van der Waals surface area (Å²) in [4.78, 5) is 5.28. The number of benzene rings is 1. The van der Waals surface area contributed by atoms with Gasteiger partial charge in [-0.05, 0) is 57.1 Å². The van der Waals surface area contributed by atoms with Gasteiger partial charge >= 0.3 is 0 Å². The smallest absolute Gasteiger partial charge is 0.103 e. The van der Waals surface area contributed by atoms with E-state index in [9.17, 15) is 0 Å². The topological polar surface area (TPSA) is 32.5 Å². The number of anilines is 1. The number of piperidine rings is 1. The molecular weight excluding hydrogens is 266 g/mol. The normalized spacial score (nSPS) is 19.8. The number of nitrogens with two attached hydrogens (primary N) is 1. The molecule has 1 fully saturated rings. The maximum absolute atomic E-state index is 5.62. The minimum atomic E-state index is 0.461. The van der Waals surface area contributed by atoms with Crippen molar-refractivity contribution in [1.82, 2.24) is 4.90 Å². The fourth-order valence-corrected chi connectivity index (χ4v) is 3.00. The molecule has 0 bridgehead atoms. The van der Waals surface area contributed by atoms with Gasteiger partial charge in [0.2, 0.25) is 0 Å². The SMILES string of the molecule is CN(CCC1CCCCN1C)c1ccc(C(N)=S)cc1. The van der Waals surface area contributed by atoms with Gasteiger partial charge in [0, 0.05) is 30.9 Å². The number of rotatable bonds is 5. The van der Waals surface area contributed by atoms with Gasteiger partial charge in [-0.1, -0.05) is 18.6 Å². The van der Waals surface area contributed by atoms with Crippen molar-refractivity contribution < 1.29 is 0 Å². The molecule has 0 amide bonds. The Bertz CT molecular complexity index is 444. The fraction of sp³-hybridized carbons (Fsp3) is 0.562. The lowest BCUT2D eigenvalue weighted by Gasteiger charge is -2.34. The van der Waals surface area contributed by atoms with Crippen LogP contribution in [0.1, 0.15) is 31.2 Å². The van der Waals surface area contributed by atoms with Gasteiger partial charge in [0.25, 0.3) is 0 Å². The van der Waals surface area contributed by atoms with Crippen LogP contribution in [0.3, 0.4) is 0 Å². The van der Waals surface area contributed by atoms with Crippen LogP contribution in [0.2, 0.25) is 0 Å². The van der Waals surface area contributed by atoms with Gasteiger partial charge in [0.05, 0.1) is 0 Å². The molecule has 110 valence electrons. The van der Waals surface area contributed by atoms with Crippen LogP contribution in [0, 0.1) is 0 Å². The highest BCUT2D eigenvalue weighted by Gasteiger charge is 2.18. The molecule has 3 nitrogen and oxygen atoms in total. The van der Waals surface area contributed by atoms with E-state index < -0.39 is 0 Å². The molecule has 0 spiro atoms. The molecule has 0 saturated carbocycles. The lowest BCUT2D eigenvalue weighted by atomic mass is 10.00. The summed E-state index contributed by atoms with van der Waals surface area (Å²) in [6.45, 7) is 2.33. The zero-order valence-electron chi connectivity index (χ0n) is 12.5. The van der Waals surface area contributed by atoms with Crippen molar-refractivity contribution >= 4 is 22.9 Å². The molecule has 1 aromatic rings. The van der Waals surface area contributed by atoms with E-state index in [-0.39, 0.29) is 0 Å². The number of thiocarbonyl (C=S) groups is 1. The highest BCUT2D eigenvalue weighted by Crippen LogP contribution is 2.20. The summed E-state index contributed by atoms with van der Waals surface area (Å²) in [5.41, 5.74) is 7.78. The summed E-state index contributed by atoms with van der Waals surface area (Å²) in [5, 5.41) is 0. The van der Waals surface area contributed by atoms with Crippen LogP contribution in [-0.4, -0.2) is 43.1 Å². The monoisotopic (exact) mass is 291 g/mol. The summed E-state index contributed by atoms with van der Waals surface area (Å²) in [5.74, 6) is 0. The first-order valence-corrected chi connectivity index (χ1v) is 7.80. The molecule has 1 atom stereocenters. The van der Waals surface area contributed by atoms with Crippen LogP contribution in [0.15, 0.2) is 24.3 Å². The summed E-state index contributed by atoms with van der Waals surface area (Å²) in [6.07, 6.45) is 5.29. The molecule has 2 rings (SSSR count). The standard InChI is InChI=1S/C16H25N3S/c1-18-11-4-3-5-14(18)10-12-19(2)15-8-6-13(7-9-15)16(17)20/h6-9,14H,3-5,10-12H2,1-2H3,(H2,17,20). The molecule has 1 unspecified atom stereocenters. The molecule has 1 aliphatic rings. The summed E-state index contributed by atoms with van der Waals surface area (Å²) >= 11 is 4.98. The molecule has 1 saturated heterocycles. The van der Waals surface area contributed by atoms with E-state index in [1.54, 1.807) is 0 Å². The number of likely N-dealkylation sites (tertiary alicyclic amines) is 1. The van der Waals surface area contributed by atoms with Gasteiger partial charge in [0.1, 0.15) is 4.99 Å². The van der Waals surface area contributed by atoms with E-state index in [4.69, 9.17) is 18.0 Å². The molecule has 20 heavy (non-hydrogen) atoms. The molecular formula is C16H25N3S. The Labute approximate surface area is 127 Å². The Morgan fingerprint density at radius 3 is 2.65 bits per heavy atom. The lowest BCUT2D eigenvalue weighted by Crippen LogP contribution is -2.38. The molecule has 2 N–H and O–H groups in total. The second kappa shape index (κ2) is 7.04. The van der Waals surface area contributed by atoms with Gasteiger partial charge in [-0.25, -0.2) is 0 Å². The van der Waals surface area contributed by atoms with Gasteiger partial charge in [-0.15, -0.1) is 0 Å². The first-order chi connectivity index (χ1) is 9.58. The minimum Gasteiger partial charge on any atom is -0.389 e. The zero-order chi connectivity index (χ0) is 14.5. The van der Waals surface area contributed by atoms with Crippen LogP contribution >= 0.6 is 12.2 Å². The number of hydrogen-bond acceptors (Lipinski definition) is 3. The van der Waals surface area contributed by atoms with Crippen LogP contribution < -0.4 is 10.6 Å². The van der Waals surface area contributed by atoms with Crippen molar-refractivity contribution in [3.05, 3.63) is 29.8 Å². The van der Waals surface area contributed by atoms with Crippen LogP contribution in [0.5, 0.6) is 0 Å². The largest absolute Gasteiger partial charge is 0.389 e. The van der Waals surface area contributed by atoms with E-state index in [0.29, 0.717) is 4.99 Å². The Hall–Kier alpha value is -1.13. The van der Waals surface area contributed by atoms with Gasteiger partial charge in [0.15, 0.2) is 0 Å². The van der Waals surface area contributed by atoms with E-state index in [1.807, 2.05) is 12.1 Å². The van der Waals surface area contributed by atoms with Crippen molar-refractivity contribution in [2.75, 3.05) is 32.1 Å². The van der Waals surface area contributed by atoms with Crippen molar-refractivity contribution in [1.29, 1.82) is 0 Å². The molecule has 1 aliphatic heterocycles. The molecule has 0 aromatic heterocycles. The van der Waals surface area contributed by atoms with Gasteiger partial charge in [-0.3, -0.25) is 0 Å². The average Bonchev–Trinajstić information content (AvgIpc) is 2.46. The van der Waals surface area contributed by atoms with E-state index >= 15 is 0 Å². The highest BCUT2D eigenvalue weighted by molar-refractivity contribution is 7.80. The van der Waals surface area contributed by atoms with Crippen LogP contribution in [0.4, 0.5) is 5.69 Å². The third-order valence-corrected chi connectivity index (χ3v) is 4.55. The predicted molar refractivity (Wildman–Crippen MR) is 90.5 cm³/mol. The molecule has 1 heterocycles. The maximum atomic E-state index is 5.62. The number of hydrogen-bond donors (Lipinski definition) is 1. The Kier molecular flexibility index (Phi) is 5.38. The summed E-state index contributed by atoms with van der Waals surface area (Å²) < 4.78 is 0. The molecule has 0 radical (unpaired) electrons. The van der Waals surface area contributed by atoms with Crippen molar-refractivity contribution in [2.24, 2.45) is 5.73 Å². The summed E-state index contributed by atoms with van der Waals surface area (Å²) in [7, 11) is 4.40. The van der Waals surface area contributed by atoms with Crippen molar-refractivity contribution in [3.63, 3.8) is 0 Å². The van der Waals surface area contributed by atoms with Crippen molar-refractivity contribution in [2.45, 2.75) is 31.7 Å². The van der Waals surface area contributed by atoms with E-state index in [1.165, 1.54) is 37.9 Å². The third kappa shape index (κ3) is 3.93. The molecule has 4 heteroatoms. The first-order valence-electron chi connectivity index (χ1n) is 7.39. The van der Waals surface area contributed by atoms with Gasteiger partial charge in [-0.2, -0.15) is 0 Å². The predicted octanol–water partition coefficient (Wildman–Crippen LogP) is 2.63. The Morgan fingerprint density at radius 2 is 2.05 bits per heavy atom. The Morgan fingerprint density at radius 1 is 1.35 bits per heavy atom. The zero-order valence-corrected chi connectivity index (χ0v) is 13.3. The summed E-state index contributed by atoms with van der Waals surface area (Å²) in [6, 6.07) is 8.93. The second-order valence-corrected chi connectivity index (χ2v) is 6.19. The highest BCUT2D eigenvalue weighted by atomic mass is 32.1. The second-order valence-electron chi connectivity index (χ2n) is 5.75. The average molecular weight is 291 g/mol. The lowest BCUT2D eigenvalue weighted by molar-refractivity contribution is 0.178. The minimum absolute atomic E-state index is 0.461. The quantitative estimate of drug-likeness (QED) is 0.845. The number of nitrogens with zero attached hydrogens (tertiary/aromatic N) is 2. The maximum Gasteiger partial charge on any atom is 0.103 e. The first kappa shape index (κ1) is 15.3. The molecule has 1 aromatic carbocycles. The third-order valence-electron chi connectivity index (χ3n) is 4.31. The van der Waals surface area contributed by atoms with Crippen molar-refractivity contribution in [3.8, 4) is 0 Å². The molecule has 0 aliphatic carbocycles. The fourth-order valence-electron chi connectivity index (χ4n) is 2.86. The van der Waals surface area contributed by atoms with E-state index in [0.717, 1.165) is 18.2 Å².